The number of carbonyl (C=O) groups is 1. The molecule has 2 atom stereocenters. The van der Waals surface area contributed by atoms with Gasteiger partial charge in [0.2, 0.25) is 5.91 Å². The predicted molar refractivity (Wildman–Crippen MR) is 120 cm³/mol. The minimum Gasteiger partial charge on any atom is -0.491 e. The second-order valence-electron chi connectivity index (χ2n) is 7.79. The highest BCUT2D eigenvalue weighted by Gasteiger charge is 2.31. The largest absolute Gasteiger partial charge is 0.491 e. The lowest BCUT2D eigenvalue weighted by Gasteiger charge is -2.16. The van der Waals surface area contributed by atoms with Crippen LogP contribution in [-0.4, -0.2) is 49.1 Å². The molecule has 3 N–H and O–H groups in total. The van der Waals surface area contributed by atoms with E-state index >= 15 is 0 Å². The van der Waals surface area contributed by atoms with Crippen LogP contribution in [0.1, 0.15) is 30.9 Å². The van der Waals surface area contributed by atoms with Crippen LogP contribution in [0, 0.1) is 0 Å². The molecule has 1 fully saturated rings. The zero-order valence-electron chi connectivity index (χ0n) is 17.2. The van der Waals surface area contributed by atoms with E-state index < -0.39 is 0 Å². The number of nitrogens with two attached hydrogens (primary N) is 1. The van der Waals surface area contributed by atoms with Gasteiger partial charge in [-0.2, -0.15) is 0 Å². The van der Waals surface area contributed by atoms with E-state index in [1.54, 1.807) is 0 Å². The van der Waals surface area contributed by atoms with Crippen LogP contribution in [0.15, 0.2) is 54.6 Å². The zero-order chi connectivity index (χ0) is 19.9. The number of halogens is 1. The third-order valence-electron chi connectivity index (χ3n) is 5.07. The summed E-state index contributed by atoms with van der Waals surface area (Å²) in [6.45, 7) is 6.64. The quantitative estimate of drug-likeness (QED) is 0.692. The monoisotopic (exact) mass is 417 g/mol. The summed E-state index contributed by atoms with van der Waals surface area (Å²) in [6, 6.07) is 18.5. The topological polar surface area (TPSA) is 67.6 Å². The highest BCUT2D eigenvalue weighted by atomic mass is 35.5. The number of rotatable bonds is 8. The summed E-state index contributed by atoms with van der Waals surface area (Å²) < 4.78 is 5.65. The fourth-order valence-electron chi connectivity index (χ4n) is 3.71. The van der Waals surface area contributed by atoms with Crippen LogP contribution >= 0.6 is 12.4 Å². The van der Waals surface area contributed by atoms with E-state index in [9.17, 15) is 4.79 Å². The van der Waals surface area contributed by atoms with E-state index in [2.05, 4.69) is 22.3 Å². The fraction of sp³-hybridized carbons (Fsp3) is 0.435. The lowest BCUT2D eigenvalue weighted by atomic mass is 9.95. The number of nitrogens with one attached hydrogen (secondary N) is 1. The number of benzene rings is 2. The van der Waals surface area contributed by atoms with Crippen molar-refractivity contribution in [2.24, 2.45) is 5.73 Å². The van der Waals surface area contributed by atoms with Gasteiger partial charge in [-0.3, -0.25) is 9.69 Å². The average Bonchev–Trinajstić information content (AvgIpc) is 3.03. The van der Waals surface area contributed by atoms with E-state index in [1.165, 1.54) is 11.1 Å². The lowest BCUT2D eigenvalue weighted by Crippen LogP contribution is -2.38. The molecule has 0 aliphatic carbocycles. The van der Waals surface area contributed by atoms with Gasteiger partial charge in [0.15, 0.2) is 0 Å². The maximum absolute atomic E-state index is 12.3. The summed E-state index contributed by atoms with van der Waals surface area (Å²) >= 11 is 0. The van der Waals surface area contributed by atoms with E-state index in [4.69, 9.17) is 10.5 Å². The smallest absolute Gasteiger partial charge is 0.234 e. The van der Waals surface area contributed by atoms with Gasteiger partial charge in [-0.25, -0.2) is 0 Å². The molecule has 0 bridgehead atoms. The van der Waals surface area contributed by atoms with Crippen LogP contribution in [0.2, 0.25) is 0 Å². The van der Waals surface area contributed by atoms with Gasteiger partial charge in [-0.1, -0.05) is 42.5 Å². The molecule has 1 saturated heterocycles. The second-order valence-corrected chi connectivity index (χ2v) is 7.79. The van der Waals surface area contributed by atoms with Gasteiger partial charge < -0.3 is 15.8 Å². The van der Waals surface area contributed by atoms with Crippen LogP contribution in [0.4, 0.5) is 0 Å². The Balaban J connectivity index is 0.00000300. The predicted octanol–water partition coefficient (Wildman–Crippen LogP) is 2.98. The Morgan fingerprint density at radius 2 is 1.83 bits per heavy atom. The first kappa shape index (κ1) is 23.2. The molecule has 2 aromatic rings. The molecule has 0 radical (unpaired) electrons. The molecule has 158 valence electrons. The number of nitrogens with zero attached hydrogens (tertiary/aromatic N) is 1. The normalized spacial score (nSPS) is 19.0. The number of amides is 1. The molecular formula is C23H32ClN3O2. The number of carbonyl (C=O) groups excluding carboxylic acids is 1. The minimum absolute atomic E-state index is 0. The second kappa shape index (κ2) is 11.2. The van der Waals surface area contributed by atoms with Crippen LogP contribution in [0.25, 0.3) is 0 Å². The third kappa shape index (κ3) is 7.03. The Kier molecular flexibility index (Phi) is 8.96. The molecule has 1 heterocycles. The summed E-state index contributed by atoms with van der Waals surface area (Å²) in [6.07, 6.45) is 0.977. The Bertz CT molecular complexity index is 752. The van der Waals surface area contributed by atoms with E-state index in [-0.39, 0.29) is 30.5 Å². The van der Waals surface area contributed by atoms with Crippen molar-refractivity contribution in [3.8, 4) is 5.75 Å². The molecule has 0 spiro atoms. The first-order valence-corrected chi connectivity index (χ1v) is 10.1. The molecule has 5 nitrogen and oxygen atoms in total. The molecule has 1 amide bonds. The molecule has 1 aliphatic heterocycles. The van der Waals surface area contributed by atoms with Gasteiger partial charge >= 0.3 is 0 Å². The first-order valence-electron chi connectivity index (χ1n) is 10.1. The number of likely N-dealkylation sites (tertiary alicyclic amines) is 1. The van der Waals surface area contributed by atoms with Crippen molar-refractivity contribution in [3.05, 3.63) is 65.7 Å². The maximum Gasteiger partial charge on any atom is 0.234 e. The lowest BCUT2D eigenvalue weighted by molar-refractivity contribution is -0.122. The summed E-state index contributed by atoms with van der Waals surface area (Å²) in [5.74, 6) is 1.22. The van der Waals surface area contributed by atoms with Gasteiger partial charge in [-0.15, -0.1) is 12.4 Å². The Morgan fingerprint density at radius 1 is 1.14 bits per heavy atom. The van der Waals surface area contributed by atoms with Crippen molar-refractivity contribution in [2.75, 3.05) is 26.2 Å². The molecule has 2 aromatic carbocycles. The van der Waals surface area contributed by atoms with Crippen LogP contribution < -0.4 is 15.8 Å². The first-order chi connectivity index (χ1) is 13.5. The standard InChI is InChI=1S/C23H31N3O2.ClH/c1-17(2)28-20-10-8-18(9-11-20)12-13-25-23(27)16-26-14-21(22(24)15-26)19-6-4-3-5-7-19;/h3-11,17,21-22H,12-16,24H2,1-2H3,(H,25,27);1H/t21-,22+;/m0./s1. The highest BCUT2D eigenvalue weighted by Crippen LogP contribution is 2.25. The maximum atomic E-state index is 12.3. The molecule has 1 aliphatic rings. The van der Waals surface area contributed by atoms with Crippen LogP contribution in [0.5, 0.6) is 5.75 Å². The Labute approximate surface area is 180 Å². The third-order valence-corrected chi connectivity index (χ3v) is 5.07. The molecular weight excluding hydrogens is 386 g/mol. The number of hydrogen-bond donors (Lipinski definition) is 2. The minimum atomic E-state index is 0. The van der Waals surface area contributed by atoms with E-state index in [0.29, 0.717) is 19.0 Å². The highest BCUT2D eigenvalue weighted by molar-refractivity contribution is 5.85. The van der Waals surface area contributed by atoms with Crippen molar-refractivity contribution in [1.82, 2.24) is 10.2 Å². The molecule has 0 unspecified atom stereocenters. The van der Waals surface area contributed by atoms with Gasteiger partial charge in [0.05, 0.1) is 12.6 Å². The summed E-state index contributed by atoms with van der Waals surface area (Å²) in [4.78, 5) is 14.4. The zero-order valence-corrected chi connectivity index (χ0v) is 18.0. The van der Waals surface area contributed by atoms with Crippen molar-refractivity contribution in [2.45, 2.75) is 38.3 Å². The molecule has 3 rings (SSSR count). The molecule has 6 heteroatoms. The van der Waals surface area contributed by atoms with E-state index in [1.807, 2.05) is 56.3 Å². The van der Waals surface area contributed by atoms with Gasteiger partial charge in [0.1, 0.15) is 5.75 Å². The molecule has 29 heavy (non-hydrogen) atoms. The van der Waals surface area contributed by atoms with Crippen LogP contribution in [0.3, 0.4) is 0 Å². The Hall–Kier alpha value is -2.08. The average molecular weight is 418 g/mol. The number of ether oxygens (including phenoxy) is 1. The van der Waals surface area contributed by atoms with Gasteiger partial charge in [-0.05, 0) is 43.5 Å². The van der Waals surface area contributed by atoms with Crippen molar-refractivity contribution < 1.29 is 9.53 Å². The molecule has 0 aromatic heterocycles. The van der Waals surface area contributed by atoms with Crippen molar-refractivity contribution in [3.63, 3.8) is 0 Å². The summed E-state index contributed by atoms with van der Waals surface area (Å²) in [5.41, 5.74) is 8.75. The molecule has 0 saturated carbocycles. The Morgan fingerprint density at radius 3 is 2.48 bits per heavy atom. The van der Waals surface area contributed by atoms with Crippen molar-refractivity contribution >= 4 is 18.3 Å². The van der Waals surface area contributed by atoms with E-state index in [0.717, 1.165) is 25.3 Å². The number of hydrogen-bond acceptors (Lipinski definition) is 4. The van der Waals surface area contributed by atoms with Crippen molar-refractivity contribution in [1.29, 1.82) is 0 Å². The summed E-state index contributed by atoms with van der Waals surface area (Å²) in [7, 11) is 0. The van der Waals surface area contributed by atoms with Gasteiger partial charge in [0, 0.05) is 31.6 Å². The van der Waals surface area contributed by atoms with Crippen LogP contribution in [-0.2, 0) is 11.2 Å². The van der Waals surface area contributed by atoms with Gasteiger partial charge in [0.25, 0.3) is 0 Å². The fourth-order valence-corrected chi connectivity index (χ4v) is 3.71. The SMILES string of the molecule is CC(C)Oc1ccc(CCNC(=O)CN2C[C@@H](N)[C@H](c3ccccc3)C2)cc1.Cl. The summed E-state index contributed by atoms with van der Waals surface area (Å²) in [5, 5.41) is 3.02.